The van der Waals surface area contributed by atoms with E-state index >= 15 is 0 Å². The number of anilines is 1. The van der Waals surface area contributed by atoms with Crippen molar-refractivity contribution in [1.82, 2.24) is 16.4 Å². The molecule has 1 saturated heterocycles. The first kappa shape index (κ1) is 16.9. The van der Waals surface area contributed by atoms with Gasteiger partial charge in [-0.15, -0.1) is 12.4 Å². The van der Waals surface area contributed by atoms with Crippen LogP contribution in [0, 0.1) is 0 Å². The molecule has 0 spiro atoms. The maximum atomic E-state index is 12.3. The van der Waals surface area contributed by atoms with Gasteiger partial charge in [-0.25, -0.2) is 0 Å². The Bertz CT molecular complexity index is 605. The molecule has 2 aliphatic heterocycles. The van der Waals surface area contributed by atoms with Crippen LogP contribution >= 0.6 is 12.4 Å². The van der Waals surface area contributed by atoms with Crippen LogP contribution < -0.4 is 17.2 Å². The normalized spacial score (nSPS) is 20.3. The van der Waals surface area contributed by atoms with E-state index in [0.29, 0.717) is 24.2 Å². The summed E-state index contributed by atoms with van der Waals surface area (Å²) in [6, 6.07) is 4.58. The first-order valence-corrected chi connectivity index (χ1v) is 6.10. The molecule has 0 saturated carbocycles. The number of nitrogens with one attached hydrogen (secondary N) is 1. The second kappa shape index (κ2) is 6.11. The number of nitrogens with zero attached hydrogens (tertiary/aromatic N) is 1. The Kier molecular flexibility index (Phi) is 4.93. The number of nitrogen functional groups attached to an aromatic ring is 1. The second-order valence-electron chi connectivity index (χ2n) is 4.77. The Labute approximate surface area is 127 Å². The van der Waals surface area contributed by atoms with Gasteiger partial charge in [-0.05, 0) is 18.6 Å². The first-order valence-electron chi connectivity index (χ1n) is 6.10. The number of benzene rings is 1. The molecule has 21 heavy (non-hydrogen) atoms. The van der Waals surface area contributed by atoms with Crippen LogP contribution in [0.25, 0.3) is 0 Å². The van der Waals surface area contributed by atoms with Gasteiger partial charge in [0.1, 0.15) is 6.04 Å². The van der Waals surface area contributed by atoms with Crippen LogP contribution in [0.15, 0.2) is 18.2 Å². The van der Waals surface area contributed by atoms with Crippen molar-refractivity contribution in [1.29, 1.82) is 0 Å². The average molecular weight is 313 g/mol. The lowest BCUT2D eigenvalue weighted by Gasteiger charge is -2.29. The number of carbonyl (C=O) groups is 3. The van der Waals surface area contributed by atoms with Crippen LogP contribution in [0.3, 0.4) is 0 Å². The molecule has 0 bridgehead atoms. The van der Waals surface area contributed by atoms with Gasteiger partial charge in [0.2, 0.25) is 11.8 Å². The van der Waals surface area contributed by atoms with Crippen molar-refractivity contribution in [2.45, 2.75) is 25.4 Å². The number of piperidine rings is 1. The minimum absolute atomic E-state index is 0. The molecule has 3 amide bonds. The van der Waals surface area contributed by atoms with E-state index in [1.54, 1.807) is 18.2 Å². The minimum atomic E-state index is -0.586. The Morgan fingerprint density at radius 2 is 1.95 bits per heavy atom. The molecule has 0 radical (unpaired) electrons. The summed E-state index contributed by atoms with van der Waals surface area (Å²) in [5, 5.41) is 2.27. The first-order chi connectivity index (χ1) is 9.08. The third kappa shape index (κ3) is 2.70. The number of imide groups is 1. The molecular formula is C13H17ClN4O3. The average Bonchev–Trinajstić information content (AvgIpc) is 2.69. The number of halogens is 1. The smallest absolute Gasteiger partial charge is 0.255 e. The summed E-state index contributed by atoms with van der Waals surface area (Å²) in [6.45, 7) is 0.327. The molecule has 8 heteroatoms. The SMILES string of the molecule is Cl.N.Nc1cccc2c1CN(C1CCC(=O)NC1=O)C2=O. The summed E-state index contributed by atoms with van der Waals surface area (Å²) in [6.07, 6.45) is 0.621. The predicted octanol–water partition coefficient (Wildman–Crippen LogP) is 0.614. The van der Waals surface area contributed by atoms with Crippen molar-refractivity contribution in [3.8, 4) is 0 Å². The van der Waals surface area contributed by atoms with E-state index in [9.17, 15) is 14.4 Å². The molecule has 1 atom stereocenters. The van der Waals surface area contributed by atoms with Gasteiger partial charge in [0.05, 0.1) is 0 Å². The fraction of sp³-hybridized carbons (Fsp3) is 0.308. The Morgan fingerprint density at radius 3 is 2.57 bits per heavy atom. The zero-order valence-electron chi connectivity index (χ0n) is 11.3. The summed E-state index contributed by atoms with van der Waals surface area (Å²) in [4.78, 5) is 36.7. The van der Waals surface area contributed by atoms with Crippen LogP contribution in [-0.2, 0) is 16.1 Å². The van der Waals surface area contributed by atoms with Crippen LogP contribution in [-0.4, -0.2) is 28.7 Å². The summed E-state index contributed by atoms with van der Waals surface area (Å²) in [5.74, 6) is -0.891. The number of hydrogen-bond acceptors (Lipinski definition) is 5. The highest BCUT2D eigenvalue weighted by Crippen LogP contribution is 2.30. The summed E-state index contributed by atoms with van der Waals surface area (Å²) < 4.78 is 0. The van der Waals surface area contributed by atoms with E-state index in [-0.39, 0.29) is 36.8 Å². The number of nitrogens with two attached hydrogens (primary N) is 1. The molecule has 1 unspecified atom stereocenters. The monoisotopic (exact) mass is 312 g/mol. The number of fused-ring (bicyclic) bond motifs is 1. The number of amides is 3. The molecule has 114 valence electrons. The van der Waals surface area contributed by atoms with Crippen molar-refractivity contribution in [3.05, 3.63) is 29.3 Å². The van der Waals surface area contributed by atoms with Crippen LogP contribution in [0.1, 0.15) is 28.8 Å². The van der Waals surface area contributed by atoms with E-state index in [1.807, 2.05) is 0 Å². The summed E-state index contributed by atoms with van der Waals surface area (Å²) >= 11 is 0. The molecular weight excluding hydrogens is 296 g/mol. The van der Waals surface area contributed by atoms with Crippen molar-refractivity contribution in [3.63, 3.8) is 0 Å². The van der Waals surface area contributed by atoms with E-state index in [2.05, 4.69) is 5.32 Å². The zero-order valence-corrected chi connectivity index (χ0v) is 12.1. The fourth-order valence-electron chi connectivity index (χ4n) is 2.61. The lowest BCUT2D eigenvalue weighted by atomic mass is 10.0. The van der Waals surface area contributed by atoms with Crippen molar-refractivity contribution >= 4 is 35.8 Å². The standard InChI is InChI=1S/C13H13N3O3.ClH.H3N/c14-9-3-1-2-7-8(9)6-16(13(7)19)10-4-5-11(17)15-12(10)18;;/h1-3,10H,4-6,14H2,(H,15,17,18);1H;1H3. The topological polar surface area (TPSA) is 127 Å². The van der Waals surface area contributed by atoms with Gasteiger partial charge in [-0.2, -0.15) is 0 Å². The molecule has 6 N–H and O–H groups in total. The minimum Gasteiger partial charge on any atom is -0.398 e. The number of carbonyl (C=O) groups excluding carboxylic acids is 3. The molecule has 2 heterocycles. The lowest BCUT2D eigenvalue weighted by Crippen LogP contribution is -2.52. The number of hydrogen-bond donors (Lipinski definition) is 3. The maximum Gasteiger partial charge on any atom is 0.255 e. The molecule has 7 nitrogen and oxygen atoms in total. The molecule has 3 rings (SSSR count). The van der Waals surface area contributed by atoms with Gasteiger partial charge in [0, 0.05) is 29.8 Å². The lowest BCUT2D eigenvalue weighted by molar-refractivity contribution is -0.136. The van der Waals surface area contributed by atoms with E-state index in [0.717, 1.165) is 5.56 Å². The van der Waals surface area contributed by atoms with Gasteiger partial charge in [0.25, 0.3) is 5.91 Å². The molecule has 1 fully saturated rings. The predicted molar refractivity (Wildman–Crippen MR) is 79.2 cm³/mol. The van der Waals surface area contributed by atoms with Crippen molar-refractivity contribution in [2.75, 3.05) is 5.73 Å². The van der Waals surface area contributed by atoms with Gasteiger partial charge in [0.15, 0.2) is 0 Å². The van der Waals surface area contributed by atoms with Crippen molar-refractivity contribution in [2.24, 2.45) is 0 Å². The Hall–Kier alpha value is -2.12. The largest absolute Gasteiger partial charge is 0.398 e. The Morgan fingerprint density at radius 1 is 1.24 bits per heavy atom. The van der Waals surface area contributed by atoms with E-state index in [4.69, 9.17) is 5.73 Å². The summed E-state index contributed by atoms with van der Waals surface area (Å²) in [7, 11) is 0. The Balaban J connectivity index is 0.00000110. The summed E-state index contributed by atoms with van der Waals surface area (Å²) in [5.41, 5.74) is 7.71. The highest BCUT2D eigenvalue weighted by Gasteiger charge is 2.39. The van der Waals surface area contributed by atoms with Crippen LogP contribution in [0.4, 0.5) is 5.69 Å². The van der Waals surface area contributed by atoms with Crippen LogP contribution in [0.5, 0.6) is 0 Å². The maximum absolute atomic E-state index is 12.3. The van der Waals surface area contributed by atoms with Crippen LogP contribution in [0.2, 0.25) is 0 Å². The van der Waals surface area contributed by atoms with Gasteiger partial charge in [-0.3, -0.25) is 19.7 Å². The molecule has 1 aromatic rings. The van der Waals surface area contributed by atoms with Gasteiger partial charge in [-0.1, -0.05) is 6.07 Å². The second-order valence-corrected chi connectivity index (χ2v) is 4.77. The van der Waals surface area contributed by atoms with Crippen molar-refractivity contribution < 1.29 is 14.4 Å². The molecule has 1 aromatic carbocycles. The highest BCUT2D eigenvalue weighted by molar-refractivity contribution is 6.06. The quantitative estimate of drug-likeness (QED) is 0.517. The molecule has 2 aliphatic rings. The van der Waals surface area contributed by atoms with E-state index in [1.165, 1.54) is 4.90 Å². The van der Waals surface area contributed by atoms with Gasteiger partial charge < -0.3 is 16.8 Å². The third-order valence-corrected chi connectivity index (χ3v) is 3.62. The third-order valence-electron chi connectivity index (χ3n) is 3.62. The molecule has 0 aromatic heterocycles. The number of rotatable bonds is 1. The van der Waals surface area contributed by atoms with E-state index < -0.39 is 11.9 Å². The van der Waals surface area contributed by atoms with Gasteiger partial charge >= 0.3 is 0 Å². The highest BCUT2D eigenvalue weighted by atomic mass is 35.5. The molecule has 0 aliphatic carbocycles. The zero-order chi connectivity index (χ0) is 13.6. The fourth-order valence-corrected chi connectivity index (χ4v) is 2.61.